The molecule has 2 rings (SSSR count). The second-order valence-electron chi connectivity index (χ2n) is 6.43. The lowest BCUT2D eigenvalue weighted by molar-refractivity contribution is -0.148. The van der Waals surface area contributed by atoms with Gasteiger partial charge in [-0.3, -0.25) is 4.79 Å². The van der Waals surface area contributed by atoms with E-state index in [0.717, 1.165) is 19.3 Å². The van der Waals surface area contributed by atoms with Crippen LogP contribution < -0.4 is 0 Å². The summed E-state index contributed by atoms with van der Waals surface area (Å²) >= 11 is 0. The summed E-state index contributed by atoms with van der Waals surface area (Å²) in [6.45, 7) is 7.38. The summed E-state index contributed by atoms with van der Waals surface area (Å²) in [6.07, 6.45) is 4.58. The van der Waals surface area contributed by atoms with Crippen LogP contribution in [-0.4, -0.2) is 23.1 Å². The normalized spacial score (nSPS) is 32.9. The number of carboxylic acids is 1. The standard InChI is InChI=1S/C17H24O4/c1-9-5-6-13(7-11(3)17(19)20)15-10(2)8-14(16(9)15)21-12(4)18/h7,9,13-14,16H,5-6,8H2,1-4H3,(H,19,20)/b11-7+/t9-,13+,14-,16?/m1/s1. The van der Waals surface area contributed by atoms with E-state index in [4.69, 9.17) is 9.84 Å². The minimum atomic E-state index is -0.863. The van der Waals surface area contributed by atoms with Crippen LogP contribution in [0.3, 0.4) is 0 Å². The van der Waals surface area contributed by atoms with Gasteiger partial charge in [0.25, 0.3) is 0 Å². The number of hydrogen-bond acceptors (Lipinski definition) is 3. The Morgan fingerprint density at radius 3 is 2.52 bits per heavy atom. The molecule has 0 aliphatic heterocycles. The summed E-state index contributed by atoms with van der Waals surface area (Å²) in [4.78, 5) is 22.4. The molecule has 0 spiro atoms. The minimum absolute atomic E-state index is 0.0752. The number of esters is 1. The Kier molecular flexibility index (Phi) is 4.55. The fourth-order valence-corrected chi connectivity index (χ4v) is 3.92. The van der Waals surface area contributed by atoms with Gasteiger partial charge in [-0.2, -0.15) is 0 Å². The predicted octanol–water partition coefficient (Wildman–Crippen LogP) is 3.33. The van der Waals surface area contributed by atoms with Crippen molar-refractivity contribution in [3.05, 3.63) is 22.8 Å². The summed E-state index contributed by atoms with van der Waals surface area (Å²) < 4.78 is 5.50. The van der Waals surface area contributed by atoms with Crippen molar-refractivity contribution in [2.45, 2.75) is 53.1 Å². The van der Waals surface area contributed by atoms with Crippen molar-refractivity contribution in [2.75, 3.05) is 0 Å². The van der Waals surface area contributed by atoms with E-state index in [0.29, 0.717) is 11.5 Å². The number of carbonyl (C=O) groups excluding carboxylic acids is 1. The van der Waals surface area contributed by atoms with E-state index in [-0.39, 0.29) is 23.9 Å². The van der Waals surface area contributed by atoms with Crippen molar-refractivity contribution in [3.8, 4) is 0 Å². The number of ether oxygens (including phenoxy) is 1. The van der Waals surface area contributed by atoms with Crippen molar-refractivity contribution < 1.29 is 19.4 Å². The lowest BCUT2D eigenvalue weighted by atomic mass is 9.70. The van der Waals surface area contributed by atoms with Crippen LogP contribution in [0.4, 0.5) is 0 Å². The summed E-state index contributed by atoms with van der Waals surface area (Å²) in [5, 5.41) is 9.09. The van der Waals surface area contributed by atoms with E-state index < -0.39 is 5.97 Å². The van der Waals surface area contributed by atoms with Crippen LogP contribution in [-0.2, 0) is 14.3 Å². The highest BCUT2D eigenvalue weighted by Crippen LogP contribution is 2.49. The Morgan fingerprint density at radius 1 is 1.29 bits per heavy atom. The number of fused-ring (bicyclic) bond motifs is 1. The molecule has 2 aliphatic carbocycles. The zero-order chi connectivity index (χ0) is 15.7. The summed E-state index contributed by atoms with van der Waals surface area (Å²) in [5.74, 6) is -0.219. The topological polar surface area (TPSA) is 63.6 Å². The third-order valence-electron chi connectivity index (χ3n) is 4.81. The molecule has 0 bridgehead atoms. The van der Waals surface area contributed by atoms with Gasteiger partial charge >= 0.3 is 11.9 Å². The van der Waals surface area contributed by atoms with Crippen molar-refractivity contribution >= 4 is 11.9 Å². The second kappa shape index (κ2) is 6.04. The average molecular weight is 292 g/mol. The first kappa shape index (κ1) is 15.8. The second-order valence-corrected chi connectivity index (χ2v) is 6.43. The predicted molar refractivity (Wildman–Crippen MR) is 79.6 cm³/mol. The van der Waals surface area contributed by atoms with Crippen LogP contribution in [0, 0.1) is 17.8 Å². The molecule has 21 heavy (non-hydrogen) atoms. The van der Waals surface area contributed by atoms with Crippen LogP contribution in [0.1, 0.15) is 47.0 Å². The largest absolute Gasteiger partial charge is 0.478 e. The van der Waals surface area contributed by atoms with Crippen molar-refractivity contribution in [1.82, 2.24) is 0 Å². The van der Waals surface area contributed by atoms with Crippen LogP contribution >= 0.6 is 0 Å². The van der Waals surface area contributed by atoms with E-state index >= 15 is 0 Å². The van der Waals surface area contributed by atoms with Gasteiger partial charge in [0.1, 0.15) is 6.10 Å². The maximum atomic E-state index is 11.3. The molecule has 0 aromatic heterocycles. The number of aliphatic carboxylic acids is 1. The van der Waals surface area contributed by atoms with Crippen LogP contribution in [0.2, 0.25) is 0 Å². The molecule has 0 saturated heterocycles. The Bertz CT molecular complexity index is 515. The van der Waals surface area contributed by atoms with E-state index in [1.807, 2.05) is 6.08 Å². The highest BCUT2D eigenvalue weighted by atomic mass is 16.5. The SMILES string of the molecule is CC(=O)O[C@@H]1CC(C)=C2C1[C@H](C)CC[C@H]2/C=C(\C)C(=O)O. The summed E-state index contributed by atoms with van der Waals surface area (Å²) in [5.41, 5.74) is 2.96. The molecule has 0 heterocycles. The smallest absolute Gasteiger partial charge is 0.330 e. The Balaban J connectivity index is 2.29. The zero-order valence-electron chi connectivity index (χ0n) is 13.2. The Labute approximate surface area is 125 Å². The molecule has 4 atom stereocenters. The van der Waals surface area contributed by atoms with Gasteiger partial charge in [-0.1, -0.05) is 24.1 Å². The van der Waals surface area contributed by atoms with Crippen molar-refractivity contribution in [1.29, 1.82) is 0 Å². The van der Waals surface area contributed by atoms with Gasteiger partial charge in [0.15, 0.2) is 0 Å². The van der Waals surface area contributed by atoms with Gasteiger partial charge in [0.2, 0.25) is 0 Å². The molecule has 4 nitrogen and oxygen atoms in total. The van der Waals surface area contributed by atoms with E-state index in [1.165, 1.54) is 18.1 Å². The molecule has 0 amide bonds. The monoisotopic (exact) mass is 292 g/mol. The highest BCUT2D eigenvalue weighted by Gasteiger charge is 2.43. The molecule has 2 aliphatic rings. The molecule has 1 N–H and O–H groups in total. The average Bonchev–Trinajstić information content (AvgIpc) is 2.69. The fraction of sp³-hybridized carbons (Fsp3) is 0.647. The minimum Gasteiger partial charge on any atom is -0.478 e. The van der Waals surface area contributed by atoms with Crippen LogP contribution in [0.15, 0.2) is 22.8 Å². The first-order chi connectivity index (χ1) is 9.81. The van der Waals surface area contributed by atoms with E-state index in [1.54, 1.807) is 6.92 Å². The molecule has 0 aromatic rings. The number of allylic oxidation sites excluding steroid dienone is 1. The van der Waals surface area contributed by atoms with Crippen LogP contribution in [0.25, 0.3) is 0 Å². The van der Waals surface area contributed by atoms with Gasteiger partial charge in [0, 0.05) is 24.8 Å². The maximum Gasteiger partial charge on any atom is 0.330 e. The number of carbonyl (C=O) groups is 2. The van der Waals surface area contributed by atoms with Gasteiger partial charge in [-0.25, -0.2) is 4.79 Å². The summed E-state index contributed by atoms with van der Waals surface area (Å²) in [7, 11) is 0. The van der Waals surface area contributed by atoms with Gasteiger partial charge in [-0.05, 0) is 38.5 Å². The first-order valence-corrected chi connectivity index (χ1v) is 7.59. The molecule has 0 radical (unpaired) electrons. The quantitative estimate of drug-likeness (QED) is 0.492. The Morgan fingerprint density at radius 2 is 1.95 bits per heavy atom. The lowest BCUT2D eigenvalue weighted by Gasteiger charge is -2.36. The van der Waals surface area contributed by atoms with Crippen molar-refractivity contribution in [2.24, 2.45) is 17.8 Å². The number of carboxylic acid groups (broad SMARTS) is 1. The van der Waals surface area contributed by atoms with E-state index in [9.17, 15) is 9.59 Å². The third kappa shape index (κ3) is 3.20. The fourth-order valence-electron chi connectivity index (χ4n) is 3.92. The van der Waals surface area contributed by atoms with Gasteiger partial charge < -0.3 is 9.84 Å². The molecule has 1 unspecified atom stereocenters. The van der Waals surface area contributed by atoms with E-state index in [2.05, 4.69) is 13.8 Å². The third-order valence-corrected chi connectivity index (χ3v) is 4.81. The maximum absolute atomic E-state index is 11.3. The van der Waals surface area contributed by atoms with Gasteiger partial charge in [-0.15, -0.1) is 0 Å². The molecule has 4 heteroatoms. The summed E-state index contributed by atoms with van der Waals surface area (Å²) in [6, 6.07) is 0. The lowest BCUT2D eigenvalue weighted by Crippen LogP contribution is -2.33. The van der Waals surface area contributed by atoms with Crippen molar-refractivity contribution in [3.63, 3.8) is 0 Å². The number of rotatable bonds is 3. The molecule has 1 fully saturated rings. The molecule has 116 valence electrons. The highest BCUT2D eigenvalue weighted by molar-refractivity contribution is 5.85. The Hall–Kier alpha value is -1.58. The molecular formula is C17H24O4. The zero-order valence-corrected chi connectivity index (χ0v) is 13.2. The van der Waals surface area contributed by atoms with Crippen LogP contribution in [0.5, 0.6) is 0 Å². The number of hydrogen-bond donors (Lipinski definition) is 1. The van der Waals surface area contributed by atoms with Gasteiger partial charge in [0.05, 0.1) is 0 Å². The molecular weight excluding hydrogens is 268 g/mol. The first-order valence-electron chi connectivity index (χ1n) is 7.59. The molecule has 0 aromatic carbocycles. The molecule has 1 saturated carbocycles.